The lowest BCUT2D eigenvalue weighted by Gasteiger charge is -2.05. The molecule has 0 aromatic heterocycles. The molecule has 1 unspecified atom stereocenters. The molecule has 0 aliphatic rings. The van der Waals surface area contributed by atoms with Crippen LogP contribution < -0.4 is 0 Å². The molecule has 1 aromatic carbocycles. The number of hydrogen-bond donors (Lipinski definition) is 0. The average molecular weight is 245 g/mol. The van der Waals surface area contributed by atoms with E-state index in [1.807, 2.05) is 11.8 Å². The Morgan fingerprint density at radius 1 is 1.33 bits per heavy atom. The van der Waals surface area contributed by atoms with Crippen LogP contribution in [0.2, 0.25) is 0 Å². The van der Waals surface area contributed by atoms with Crippen molar-refractivity contribution in [3.63, 3.8) is 0 Å². The van der Waals surface area contributed by atoms with E-state index in [4.69, 9.17) is 0 Å². The highest BCUT2D eigenvalue weighted by Crippen LogP contribution is 2.20. The van der Waals surface area contributed by atoms with Crippen LogP contribution in [-0.2, 0) is 0 Å². The summed E-state index contributed by atoms with van der Waals surface area (Å²) >= 11 is 5.40. The van der Waals surface area contributed by atoms with Crippen molar-refractivity contribution in [3.05, 3.63) is 30.3 Å². The second-order valence-electron chi connectivity index (χ2n) is 2.88. The van der Waals surface area contributed by atoms with E-state index in [1.54, 1.807) is 0 Å². The minimum Gasteiger partial charge on any atom is -0.126 e. The lowest BCUT2D eigenvalue weighted by molar-refractivity contribution is 0.770. The fourth-order valence-corrected chi connectivity index (χ4v) is 2.28. The van der Waals surface area contributed by atoms with E-state index in [-0.39, 0.29) is 0 Å². The van der Waals surface area contributed by atoms with Gasteiger partial charge in [-0.15, -0.1) is 11.8 Å². The van der Waals surface area contributed by atoms with Crippen molar-refractivity contribution in [2.24, 2.45) is 5.92 Å². The third-order valence-electron chi connectivity index (χ3n) is 1.54. The van der Waals surface area contributed by atoms with Gasteiger partial charge in [-0.3, -0.25) is 0 Å². The van der Waals surface area contributed by atoms with Crippen LogP contribution >= 0.6 is 27.7 Å². The highest BCUT2D eigenvalue weighted by Gasteiger charge is 1.99. The second kappa shape index (κ2) is 5.65. The number of alkyl halides is 1. The number of benzene rings is 1. The molecule has 0 nitrogen and oxygen atoms in total. The SMILES string of the molecule is CC(CBr)CSc1ccccc1. The zero-order chi connectivity index (χ0) is 8.81. The van der Waals surface area contributed by atoms with E-state index >= 15 is 0 Å². The minimum absolute atomic E-state index is 0.746. The molecular weight excluding hydrogens is 232 g/mol. The fraction of sp³-hybridized carbons (Fsp3) is 0.400. The Morgan fingerprint density at radius 3 is 2.58 bits per heavy atom. The first kappa shape index (κ1) is 10.1. The van der Waals surface area contributed by atoms with Crippen molar-refractivity contribution in [2.45, 2.75) is 11.8 Å². The van der Waals surface area contributed by atoms with E-state index in [9.17, 15) is 0 Å². The van der Waals surface area contributed by atoms with Crippen molar-refractivity contribution in [2.75, 3.05) is 11.1 Å². The molecule has 0 aliphatic carbocycles. The van der Waals surface area contributed by atoms with Crippen LogP contribution in [0.25, 0.3) is 0 Å². The van der Waals surface area contributed by atoms with Crippen LogP contribution in [0.4, 0.5) is 0 Å². The van der Waals surface area contributed by atoms with Crippen molar-refractivity contribution < 1.29 is 0 Å². The summed E-state index contributed by atoms with van der Waals surface area (Å²) in [7, 11) is 0. The van der Waals surface area contributed by atoms with E-state index < -0.39 is 0 Å². The first-order valence-electron chi connectivity index (χ1n) is 4.06. The van der Waals surface area contributed by atoms with Gasteiger partial charge >= 0.3 is 0 Å². The summed E-state index contributed by atoms with van der Waals surface area (Å²) in [6.07, 6.45) is 0. The number of halogens is 1. The predicted molar refractivity (Wildman–Crippen MR) is 60.1 cm³/mol. The molecule has 0 spiro atoms. The molecule has 0 amide bonds. The van der Waals surface area contributed by atoms with Gasteiger partial charge in [0, 0.05) is 16.0 Å². The standard InChI is InChI=1S/C10H13BrS/c1-9(7-11)8-12-10-5-3-2-4-6-10/h2-6,9H,7-8H2,1H3. The summed E-state index contributed by atoms with van der Waals surface area (Å²) in [5.41, 5.74) is 0. The van der Waals surface area contributed by atoms with E-state index in [1.165, 1.54) is 10.6 Å². The van der Waals surface area contributed by atoms with E-state index in [0.717, 1.165) is 11.2 Å². The molecule has 0 saturated heterocycles. The molecular formula is C10H13BrS. The summed E-state index contributed by atoms with van der Waals surface area (Å²) in [5, 5.41) is 1.09. The van der Waals surface area contributed by atoms with Gasteiger partial charge in [0.25, 0.3) is 0 Å². The molecule has 0 N–H and O–H groups in total. The summed E-state index contributed by atoms with van der Waals surface area (Å²) in [4.78, 5) is 1.37. The zero-order valence-electron chi connectivity index (χ0n) is 7.16. The Bertz CT molecular complexity index is 210. The Labute approximate surface area is 86.9 Å². The summed E-state index contributed by atoms with van der Waals surface area (Å²) in [6, 6.07) is 10.5. The molecule has 0 radical (unpaired) electrons. The van der Waals surface area contributed by atoms with Gasteiger partial charge in [-0.1, -0.05) is 41.1 Å². The van der Waals surface area contributed by atoms with Crippen LogP contribution in [0, 0.1) is 5.92 Å². The van der Waals surface area contributed by atoms with Crippen LogP contribution in [0.1, 0.15) is 6.92 Å². The molecule has 66 valence electrons. The largest absolute Gasteiger partial charge is 0.126 e. The van der Waals surface area contributed by atoms with Crippen LogP contribution in [0.15, 0.2) is 35.2 Å². The monoisotopic (exact) mass is 244 g/mol. The Kier molecular flexibility index (Phi) is 4.77. The highest BCUT2D eigenvalue weighted by molar-refractivity contribution is 9.09. The van der Waals surface area contributed by atoms with Crippen LogP contribution in [0.3, 0.4) is 0 Å². The maximum atomic E-state index is 3.47. The maximum Gasteiger partial charge on any atom is 0.00720 e. The third kappa shape index (κ3) is 3.63. The lowest BCUT2D eigenvalue weighted by Crippen LogP contribution is -1.98. The first-order chi connectivity index (χ1) is 5.83. The highest BCUT2D eigenvalue weighted by atomic mass is 79.9. The Hall–Kier alpha value is 0.0500. The molecule has 0 saturated carbocycles. The molecule has 12 heavy (non-hydrogen) atoms. The quantitative estimate of drug-likeness (QED) is 0.574. The van der Waals surface area contributed by atoms with Crippen LogP contribution in [0.5, 0.6) is 0 Å². The van der Waals surface area contributed by atoms with Gasteiger partial charge in [0.05, 0.1) is 0 Å². The zero-order valence-corrected chi connectivity index (χ0v) is 9.57. The fourth-order valence-electron chi connectivity index (χ4n) is 0.800. The summed E-state index contributed by atoms with van der Waals surface area (Å²) in [6.45, 7) is 2.25. The summed E-state index contributed by atoms with van der Waals surface area (Å²) < 4.78 is 0. The van der Waals surface area contributed by atoms with E-state index in [0.29, 0.717) is 0 Å². The van der Waals surface area contributed by atoms with Gasteiger partial charge in [0.15, 0.2) is 0 Å². The van der Waals surface area contributed by atoms with Gasteiger partial charge < -0.3 is 0 Å². The van der Waals surface area contributed by atoms with Gasteiger partial charge in [0.2, 0.25) is 0 Å². The van der Waals surface area contributed by atoms with Gasteiger partial charge in [-0.2, -0.15) is 0 Å². The lowest BCUT2D eigenvalue weighted by atomic mass is 10.3. The van der Waals surface area contributed by atoms with Gasteiger partial charge in [-0.05, 0) is 18.1 Å². The van der Waals surface area contributed by atoms with Gasteiger partial charge in [-0.25, -0.2) is 0 Å². The van der Waals surface area contributed by atoms with Crippen molar-refractivity contribution in [1.29, 1.82) is 0 Å². The number of thioether (sulfide) groups is 1. The van der Waals surface area contributed by atoms with Crippen molar-refractivity contribution in [3.8, 4) is 0 Å². The Morgan fingerprint density at radius 2 is 2.00 bits per heavy atom. The topological polar surface area (TPSA) is 0 Å². The second-order valence-corrected chi connectivity index (χ2v) is 4.62. The molecule has 0 heterocycles. The number of hydrogen-bond acceptors (Lipinski definition) is 1. The smallest absolute Gasteiger partial charge is 0.00720 e. The van der Waals surface area contributed by atoms with E-state index in [2.05, 4.69) is 53.2 Å². The normalized spacial score (nSPS) is 12.8. The average Bonchev–Trinajstić information content (AvgIpc) is 2.16. The molecule has 2 heteroatoms. The minimum atomic E-state index is 0.746. The third-order valence-corrected chi connectivity index (χ3v) is 3.99. The first-order valence-corrected chi connectivity index (χ1v) is 6.17. The molecule has 1 aromatic rings. The van der Waals surface area contributed by atoms with Gasteiger partial charge in [0.1, 0.15) is 0 Å². The van der Waals surface area contributed by atoms with Crippen molar-refractivity contribution >= 4 is 27.7 Å². The number of rotatable bonds is 4. The molecule has 1 rings (SSSR count). The molecule has 1 atom stereocenters. The van der Waals surface area contributed by atoms with Crippen molar-refractivity contribution in [1.82, 2.24) is 0 Å². The predicted octanol–water partition coefficient (Wildman–Crippen LogP) is 3.81. The molecule has 0 aliphatic heterocycles. The van der Waals surface area contributed by atoms with Crippen LogP contribution in [-0.4, -0.2) is 11.1 Å². The summed E-state index contributed by atoms with van der Waals surface area (Å²) in [5.74, 6) is 1.94. The molecule has 0 bridgehead atoms. The maximum absolute atomic E-state index is 3.47. The molecule has 0 fully saturated rings. The Balaban J connectivity index is 2.33.